The van der Waals surface area contributed by atoms with Crippen molar-refractivity contribution in [3.05, 3.63) is 60.2 Å². The molecule has 0 unspecified atom stereocenters. The van der Waals surface area contributed by atoms with Crippen LogP contribution in [0.5, 0.6) is 0 Å². The van der Waals surface area contributed by atoms with Gasteiger partial charge in [0.15, 0.2) is 0 Å². The minimum Gasteiger partial charge on any atom is -0.345 e. The molecule has 0 saturated carbocycles. The smallest absolute Gasteiger partial charge is 0.253 e. The Kier molecular flexibility index (Phi) is 4.27. The van der Waals surface area contributed by atoms with E-state index in [2.05, 4.69) is 0 Å². The molecule has 2 aliphatic rings. The van der Waals surface area contributed by atoms with Crippen LogP contribution in [0, 0.1) is 5.41 Å². The SMILES string of the molecule is CN1CCC[C@]2(CCN(C(=O)c3cccc(-c4ccccc4)c3)C2)C1=O. The zero-order valence-electron chi connectivity index (χ0n) is 15.1. The Balaban J connectivity index is 1.55. The highest BCUT2D eigenvalue weighted by molar-refractivity contribution is 5.96. The summed E-state index contributed by atoms with van der Waals surface area (Å²) in [4.78, 5) is 29.4. The molecule has 0 radical (unpaired) electrons. The van der Waals surface area contributed by atoms with Crippen molar-refractivity contribution in [2.45, 2.75) is 19.3 Å². The fourth-order valence-corrected chi connectivity index (χ4v) is 4.34. The van der Waals surface area contributed by atoms with Crippen LogP contribution in [0.2, 0.25) is 0 Å². The van der Waals surface area contributed by atoms with E-state index in [-0.39, 0.29) is 17.2 Å². The molecule has 2 heterocycles. The second kappa shape index (κ2) is 6.60. The fourth-order valence-electron chi connectivity index (χ4n) is 4.34. The summed E-state index contributed by atoms with van der Waals surface area (Å²) in [6.45, 7) is 2.03. The van der Waals surface area contributed by atoms with E-state index in [4.69, 9.17) is 0 Å². The van der Waals surface area contributed by atoms with Crippen molar-refractivity contribution in [1.82, 2.24) is 9.80 Å². The molecule has 2 aromatic rings. The van der Waals surface area contributed by atoms with Gasteiger partial charge in [0.25, 0.3) is 5.91 Å². The van der Waals surface area contributed by atoms with E-state index in [1.807, 2.05) is 71.4 Å². The Bertz CT molecular complexity index is 833. The summed E-state index contributed by atoms with van der Waals surface area (Å²) >= 11 is 0. The van der Waals surface area contributed by atoms with Gasteiger partial charge >= 0.3 is 0 Å². The van der Waals surface area contributed by atoms with Gasteiger partial charge in [-0.05, 0) is 42.5 Å². The minimum atomic E-state index is -0.361. The molecule has 4 nitrogen and oxygen atoms in total. The maximum Gasteiger partial charge on any atom is 0.253 e. The lowest BCUT2D eigenvalue weighted by atomic mass is 9.78. The predicted molar refractivity (Wildman–Crippen MR) is 102 cm³/mol. The summed E-state index contributed by atoms with van der Waals surface area (Å²) in [5, 5.41) is 0. The molecule has 4 heteroatoms. The van der Waals surface area contributed by atoms with Crippen molar-refractivity contribution >= 4 is 11.8 Å². The van der Waals surface area contributed by atoms with Crippen molar-refractivity contribution in [2.24, 2.45) is 5.41 Å². The summed E-state index contributed by atoms with van der Waals surface area (Å²) in [6.07, 6.45) is 2.69. The molecule has 0 bridgehead atoms. The van der Waals surface area contributed by atoms with Crippen molar-refractivity contribution < 1.29 is 9.59 Å². The van der Waals surface area contributed by atoms with Crippen LogP contribution in [0.3, 0.4) is 0 Å². The molecule has 0 aliphatic carbocycles. The average Bonchev–Trinajstić information content (AvgIpc) is 3.11. The van der Waals surface area contributed by atoms with Crippen molar-refractivity contribution in [2.75, 3.05) is 26.7 Å². The lowest BCUT2D eigenvalue weighted by Gasteiger charge is -2.37. The average molecular weight is 348 g/mol. The molecule has 4 rings (SSSR count). The number of hydrogen-bond acceptors (Lipinski definition) is 2. The highest BCUT2D eigenvalue weighted by Gasteiger charge is 2.48. The van der Waals surface area contributed by atoms with E-state index >= 15 is 0 Å². The molecule has 26 heavy (non-hydrogen) atoms. The highest BCUT2D eigenvalue weighted by Crippen LogP contribution is 2.40. The molecule has 2 aliphatic heterocycles. The van der Waals surface area contributed by atoms with E-state index in [0.717, 1.165) is 36.9 Å². The fraction of sp³-hybridized carbons (Fsp3) is 0.364. The summed E-state index contributed by atoms with van der Waals surface area (Å²) in [6, 6.07) is 17.9. The molecule has 0 aromatic heterocycles. The van der Waals surface area contributed by atoms with Crippen LogP contribution >= 0.6 is 0 Å². The van der Waals surface area contributed by atoms with E-state index in [0.29, 0.717) is 18.7 Å². The zero-order chi connectivity index (χ0) is 18.1. The van der Waals surface area contributed by atoms with Gasteiger partial charge in [-0.1, -0.05) is 42.5 Å². The maximum atomic E-state index is 13.0. The topological polar surface area (TPSA) is 40.6 Å². The second-order valence-electron chi connectivity index (χ2n) is 7.53. The van der Waals surface area contributed by atoms with Gasteiger partial charge < -0.3 is 9.80 Å². The number of carbonyl (C=O) groups is 2. The Labute approximate surface area is 154 Å². The van der Waals surface area contributed by atoms with Gasteiger partial charge in [-0.25, -0.2) is 0 Å². The molecule has 0 N–H and O–H groups in total. The summed E-state index contributed by atoms with van der Waals surface area (Å²) in [7, 11) is 1.87. The van der Waals surface area contributed by atoms with Crippen molar-refractivity contribution in [3.8, 4) is 11.1 Å². The number of piperidine rings is 1. The molecular weight excluding hydrogens is 324 g/mol. The Hall–Kier alpha value is -2.62. The first-order chi connectivity index (χ1) is 12.6. The number of nitrogens with zero attached hydrogens (tertiary/aromatic N) is 2. The third-order valence-electron chi connectivity index (χ3n) is 5.81. The molecule has 2 aromatic carbocycles. The van der Waals surface area contributed by atoms with Gasteiger partial charge in [-0.2, -0.15) is 0 Å². The first-order valence-electron chi connectivity index (χ1n) is 9.29. The molecule has 1 atom stereocenters. The van der Waals surface area contributed by atoms with Gasteiger partial charge in [-0.15, -0.1) is 0 Å². The van der Waals surface area contributed by atoms with E-state index in [9.17, 15) is 9.59 Å². The highest BCUT2D eigenvalue weighted by atomic mass is 16.2. The van der Waals surface area contributed by atoms with Gasteiger partial charge in [-0.3, -0.25) is 9.59 Å². The van der Waals surface area contributed by atoms with E-state index in [1.54, 1.807) is 0 Å². The van der Waals surface area contributed by atoms with Crippen LogP contribution in [-0.2, 0) is 4.79 Å². The molecule has 2 amide bonds. The van der Waals surface area contributed by atoms with Crippen LogP contribution in [0.4, 0.5) is 0 Å². The van der Waals surface area contributed by atoms with Crippen LogP contribution in [0.25, 0.3) is 11.1 Å². The minimum absolute atomic E-state index is 0.0284. The maximum absolute atomic E-state index is 13.0. The third kappa shape index (κ3) is 2.90. The molecule has 134 valence electrons. The van der Waals surface area contributed by atoms with Crippen molar-refractivity contribution in [1.29, 1.82) is 0 Å². The zero-order valence-corrected chi connectivity index (χ0v) is 15.1. The number of hydrogen-bond donors (Lipinski definition) is 0. The first-order valence-corrected chi connectivity index (χ1v) is 9.29. The number of likely N-dealkylation sites (tertiary alicyclic amines) is 2. The number of benzene rings is 2. The normalized spacial score (nSPS) is 22.9. The molecule has 1 spiro atoms. The van der Waals surface area contributed by atoms with Crippen LogP contribution < -0.4 is 0 Å². The molecule has 2 saturated heterocycles. The summed E-state index contributed by atoms with van der Waals surface area (Å²) in [5.74, 6) is 0.234. The largest absolute Gasteiger partial charge is 0.345 e. The molecular formula is C22H24N2O2. The van der Waals surface area contributed by atoms with Gasteiger partial charge in [0.2, 0.25) is 5.91 Å². The summed E-state index contributed by atoms with van der Waals surface area (Å²) < 4.78 is 0. The van der Waals surface area contributed by atoms with Gasteiger partial charge in [0.1, 0.15) is 0 Å². The monoisotopic (exact) mass is 348 g/mol. The Morgan fingerprint density at radius 3 is 2.54 bits per heavy atom. The van der Waals surface area contributed by atoms with Crippen LogP contribution in [0.15, 0.2) is 54.6 Å². The Morgan fingerprint density at radius 2 is 1.73 bits per heavy atom. The van der Waals surface area contributed by atoms with Crippen LogP contribution in [0.1, 0.15) is 29.6 Å². The standard InChI is InChI=1S/C22H24N2O2/c1-23-13-6-11-22(21(23)26)12-14-24(16-22)20(25)19-10-5-9-18(15-19)17-7-3-2-4-8-17/h2-5,7-10,15H,6,11-14,16H2,1H3/t22-/m1/s1. The lowest BCUT2D eigenvalue weighted by molar-refractivity contribution is -0.143. The summed E-state index contributed by atoms with van der Waals surface area (Å²) in [5.41, 5.74) is 2.47. The molecule has 2 fully saturated rings. The van der Waals surface area contributed by atoms with Gasteiger partial charge in [0.05, 0.1) is 5.41 Å². The lowest BCUT2D eigenvalue weighted by Crippen LogP contribution is -2.48. The quantitative estimate of drug-likeness (QED) is 0.834. The second-order valence-corrected chi connectivity index (χ2v) is 7.53. The number of rotatable bonds is 2. The third-order valence-corrected chi connectivity index (χ3v) is 5.81. The van der Waals surface area contributed by atoms with E-state index in [1.165, 1.54) is 0 Å². The number of amides is 2. The van der Waals surface area contributed by atoms with E-state index < -0.39 is 0 Å². The van der Waals surface area contributed by atoms with Crippen LogP contribution in [-0.4, -0.2) is 48.3 Å². The Morgan fingerprint density at radius 1 is 0.962 bits per heavy atom. The van der Waals surface area contributed by atoms with Gasteiger partial charge in [0, 0.05) is 32.2 Å². The first kappa shape index (κ1) is 16.8. The predicted octanol–water partition coefficient (Wildman–Crippen LogP) is 3.44. The van der Waals surface area contributed by atoms with Crippen molar-refractivity contribution in [3.63, 3.8) is 0 Å². The number of carbonyl (C=O) groups excluding carboxylic acids is 2.